The topological polar surface area (TPSA) is 186 Å². The Hall–Kier alpha value is -7.01. The van der Waals surface area contributed by atoms with E-state index in [0.717, 1.165) is 22.9 Å². The molecule has 0 atom stereocenters. The van der Waals surface area contributed by atoms with Gasteiger partial charge in [0.05, 0.1) is 43.0 Å². The number of rotatable bonds is 14. The van der Waals surface area contributed by atoms with Crippen LogP contribution in [0.2, 0.25) is 0 Å². The lowest BCUT2D eigenvalue weighted by Gasteiger charge is -2.34. The van der Waals surface area contributed by atoms with Crippen LogP contribution >= 0.6 is 11.8 Å². The van der Waals surface area contributed by atoms with Crippen LogP contribution in [-0.4, -0.2) is 118 Å². The fourth-order valence-electron chi connectivity index (χ4n) is 8.43. The van der Waals surface area contributed by atoms with Crippen molar-refractivity contribution in [2.45, 2.75) is 89.2 Å². The fourth-order valence-corrected chi connectivity index (χ4v) is 9.48. The van der Waals surface area contributed by atoms with Crippen LogP contribution in [0.4, 0.5) is 21.0 Å². The summed E-state index contributed by atoms with van der Waals surface area (Å²) < 4.78 is 10.6. The number of nitrogens with zero attached hydrogens (tertiary/aromatic N) is 6. The van der Waals surface area contributed by atoms with Gasteiger partial charge in [0.1, 0.15) is 0 Å². The van der Waals surface area contributed by atoms with Crippen molar-refractivity contribution in [2.75, 3.05) is 52.4 Å². The number of piperazine rings is 2. The zero-order chi connectivity index (χ0) is 50.1. The Balaban J connectivity index is 1.42. The number of amides is 4. The average molecular weight is 961 g/mol. The SMILES string of the molecule is CC(C)OC(=O)N1CCN(C(=O)C=Cc2ccc(Sc3ccc(C=CC(=O)N4CCN(C(=O)OC(C)C)CC4)c(-c4ccccc4C(C)C)c3[N+](=O)[O-])c([N+](=O)[O-])c2-c2ccccc2C(C)C)CC1. The molecule has 364 valence electrons. The molecule has 0 aliphatic carbocycles. The summed E-state index contributed by atoms with van der Waals surface area (Å²) in [5, 5.41) is 27.0. The van der Waals surface area contributed by atoms with E-state index in [1.807, 2.05) is 52.0 Å². The van der Waals surface area contributed by atoms with Gasteiger partial charge in [0.2, 0.25) is 11.8 Å². The van der Waals surface area contributed by atoms with Crippen molar-refractivity contribution in [3.05, 3.63) is 127 Å². The molecule has 16 nitrogen and oxygen atoms in total. The van der Waals surface area contributed by atoms with Gasteiger partial charge in [-0.2, -0.15) is 0 Å². The molecular weight excluding hydrogens is 901 g/mol. The molecule has 0 N–H and O–H groups in total. The van der Waals surface area contributed by atoms with Crippen LogP contribution in [0, 0.1) is 20.2 Å². The predicted octanol–water partition coefficient (Wildman–Crippen LogP) is 10.6. The van der Waals surface area contributed by atoms with Crippen molar-refractivity contribution in [3.63, 3.8) is 0 Å². The van der Waals surface area contributed by atoms with E-state index in [1.54, 1.807) is 108 Å². The average Bonchev–Trinajstić information content (AvgIpc) is 3.31. The van der Waals surface area contributed by atoms with E-state index in [2.05, 4.69) is 0 Å². The van der Waals surface area contributed by atoms with Crippen molar-refractivity contribution in [3.8, 4) is 22.3 Å². The molecule has 4 aromatic carbocycles. The van der Waals surface area contributed by atoms with Crippen LogP contribution in [0.3, 0.4) is 0 Å². The minimum absolute atomic E-state index is 0.0514. The van der Waals surface area contributed by atoms with E-state index < -0.39 is 22.0 Å². The third-order valence-electron chi connectivity index (χ3n) is 11.8. The molecule has 2 fully saturated rings. The van der Waals surface area contributed by atoms with Gasteiger partial charge in [-0.1, -0.05) is 100 Å². The minimum Gasteiger partial charge on any atom is -0.447 e. The monoisotopic (exact) mass is 960 g/mol. The maximum Gasteiger partial charge on any atom is 0.410 e. The van der Waals surface area contributed by atoms with E-state index in [4.69, 9.17) is 9.47 Å². The maximum absolute atomic E-state index is 13.6. The molecule has 4 amide bonds. The second kappa shape index (κ2) is 22.9. The van der Waals surface area contributed by atoms with Gasteiger partial charge in [0.15, 0.2) is 0 Å². The molecular formula is C52H60N6O10S. The highest BCUT2D eigenvalue weighted by molar-refractivity contribution is 7.99. The summed E-state index contributed by atoms with van der Waals surface area (Å²) >= 11 is 0.901. The summed E-state index contributed by atoms with van der Waals surface area (Å²) in [6.07, 6.45) is 4.43. The summed E-state index contributed by atoms with van der Waals surface area (Å²) in [6, 6.07) is 21.1. The first-order valence-electron chi connectivity index (χ1n) is 23.2. The Morgan fingerprint density at radius 1 is 0.522 bits per heavy atom. The molecule has 0 spiro atoms. The van der Waals surface area contributed by atoms with Crippen molar-refractivity contribution in [1.82, 2.24) is 19.6 Å². The smallest absolute Gasteiger partial charge is 0.410 e. The summed E-state index contributed by atoms with van der Waals surface area (Å²) in [5.74, 6) is -0.764. The van der Waals surface area contributed by atoms with Crippen molar-refractivity contribution in [2.24, 2.45) is 0 Å². The Kier molecular flexibility index (Phi) is 17.0. The first-order chi connectivity index (χ1) is 32.9. The zero-order valence-corrected chi connectivity index (χ0v) is 41.2. The number of carbonyl (C=O) groups excluding carboxylic acids is 4. The minimum atomic E-state index is -0.486. The molecule has 2 heterocycles. The number of hydrogen-bond donors (Lipinski definition) is 0. The molecule has 0 unspecified atom stereocenters. The van der Waals surface area contributed by atoms with E-state index in [1.165, 1.54) is 12.2 Å². The number of ether oxygens (including phenoxy) is 2. The van der Waals surface area contributed by atoms with Crippen molar-refractivity contribution in [1.29, 1.82) is 0 Å². The van der Waals surface area contributed by atoms with E-state index in [-0.39, 0.29) is 94.3 Å². The standard InChI is InChI=1S/C52H60N6O10S/c1-33(2)39-13-9-11-15-41(39)47-37(19-23-45(59)53-25-29-55(30-26-53)51(61)67-35(5)6)17-21-43(49(47)57(63)64)69-44-22-18-38(48(50(44)58(65)66)42-16-12-10-14-40(42)34(3)4)20-24-46(60)54-27-31-56(32-28-54)52(62)68-36(7)8/h9-24,33-36H,25-32H2,1-8H3. The van der Waals surface area contributed by atoms with Crippen LogP contribution in [-0.2, 0) is 19.1 Å². The molecule has 2 saturated heterocycles. The van der Waals surface area contributed by atoms with Gasteiger partial charge in [0, 0.05) is 64.5 Å². The molecule has 6 rings (SSSR count). The number of hydrogen-bond acceptors (Lipinski definition) is 11. The number of nitro groups is 2. The quantitative estimate of drug-likeness (QED) is 0.0665. The largest absolute Gasteiger partial charge is 0.447 e. The normalized spacial score (nSPS) is 14.4. The third kappa shape index (κ3) is 12.4. The first kappa shape index (κ1) is 51.4. The third-order valence-corrected chi connectivity index (χ3v) is 12.9. The van der Waals surface area contributed by atoms with Crippen LogP contribution in [0.5, 0.6) is 0 Å². The molecule has 0 aromatic heterocycles. The molecule has 69 heavy (non-hydrogen) atoms. The lowest BCUT2D eigenvalue weighted by Crippen LogP contribution is -2.50. The van der Waals surface area contributed by atoms with Crippen LogP contribution in [0.15, 0.2) is 94.7 Å². The molecule has 4 aromatic rings. The summed E-state index contributed by atoms with van der Waals surface area (Å²) in [7, 11) is 0. The highest BCUT2D eigenvalue weighted by Gasteiger charge is 2.32. The lowest BCUT2D eigenvalue weighted by molar-refractivity contribution is -0.387. The van der Waals surface area contributed by atoms with Gasteiger partial charge in [-0.05, 0) is 97.2 Å². The second-order valence-corrected chi connectivity index (χ2v) is 19.1. The van der Waals surface area contributed by atoms with Crippen LogP contribution in [0.1, 0.15) is 89.5 Å². The highest BCUT2D eigenvalue weighted by Crippen LogP contribution is 2.50. The van der Waals surface area contributed by atoms with Crippen molar-refractivity contribution < 1.29 is 38.5 Å². The predicted molar refractivity (Wildman–Crippen MR) is 267 cm³/mol. The lowest BCUT2D eigenvalue weighted by atomic mass is 9.89. The maximum atomic E-state index is 13.6. The molecule has 0 bridgehead atoms. The highest BCUT2D eigenvalue weighted by atomic mass is 32.2. The van der Waals surface area contributed by atoms with Gasteiger partial charge < -0.3 is 29.1 Å². The summed E-state index contributed by atoms with van der Waals surface area (Å²) in [6.45, 7) is 17.3. The van der Waals surface area contributed by atoms with E-state index in [9.17, 15) is 39.4 Å². The van der Waals surface area contributed by atoms with Crippen molar-refractivity contribution >= 4 is 59.3 Å². The van der Waals surface area contributed by atoms with E-state index in [0.29, 0.717) is 48.4 Å². The van der Waals surface area contributed by atoms with Gasteiger partial charge in [-0.15, -0.1) is 0 Å². The number of carbonyl (C=O) groups is 4. The van der Waals surface area contributed by atoms with Crippen LogP contribution in [0.25, 0.3) is 34.4 Å². The molecule has 0 saturated carbocycles. The Labute approximate surface area is 407 Å². The van der Waals surface area contributed by atoms with E-state index >= 15 is 0 Å². The summed E-state index contributed by atoms with van der Waals surface area (Å²) in [4.78, 5) is 84.7. The van der Waals surface area contributed by atoms with Crippen LogP contribution < -0.4 is 0 Å². The first-order valence-corrected chi connectivity index (χ1v) is 24.0. The Morgan fingerprint density at radius 3 is 1.17 bits per heavy atom. The Morgan fingerprint density at radius 2 is 0.855 bits per heavy atom. The number of nitro benzene ring substituents is 2. The zero-order valence-electron chi connectivity index (χ0n) is 40.4. The summed E-state index contributed by atoms with van der Waals surface area (Å²) in [5.41, 5.74) is 3.54. The number of benzene rings is 4. The second-order valence-electron chi connectivity index (χ2n) is 18.0. The molecule has 2 aliphatic rings. The van der Waals surface area contributed by atoms with Gasteiger partial charge in [-0.25, -0.2) is 9.59 Å². The molecule has 17 heteroatoms. The Bertz CT molecular complexity index is 2470. The van der Waals surface area contributed by atoms with Gasteiger partial charge >= 0.3 is 12.2 Å². The van der Waals surface area contributed by atoms with Gasteiger partial charge in [-0.3, -0.25) is 29.8 Å². The molecule has 0 radical (unpaired) electrons. The fraction of sp³-hybridized carbons (Fsp3) is 0.385. The molecule has 2 aliphatic heterocycles. The van der Waals surface area contributed by atoms with Gasteiger partial charge in [0.25, 0.3) is 11.4 Å².